The van der Waals surface area contributed by atoms with E-state index in [2.05, 4.69) is 0 Å². The van der Waals surface area contributed by atoms with Crippen LogP contribution in [0.4, 0.5) is 4.79 Å². The van der Waals surface area contributed by atoms with Gasteiger partial charge in [-0.3, -0.25) is 0 Å². The lowest BCUT2D eigenvalue weighted by atomic mass is 9.64. The molecule has 148 valence electrons. The molecule has 0 unspecified atom stereocenters. The lowest BCUT2D eigenvalue weighted by Crippen LogP contribution is -2.57. The van der Waals surface area contributed by atoms with Gasteiger partial charge in [-0.05, 0) is 57.9 Å². The molecule has 0 aromatic carbocycles. The van der Waals surface area contributed by atoms with Crippen LogP contribution in [0.2, 0.25) is 0 Å². The Morgan fingerprint density at radius 2 is 1.88 bits per heavy atom. The fourth-order valence-electron chi connectivity index (χ4n) is 4.11. The standard InChI is InChI=1S/C19H31NO6/c1-5-25-16(23)9-15-14-6-7-20(18(24)26-19(2,3)4)17(15)13(11-22)8-12(14)10-21/h9,12-14,17,21-22H,5-8,10-11H2,1-4H3/b15-9+/t12-,13-,14+,17-/m0/s1. The molecule has 26 heavy (non-hydrogen) atoms. The van der Waals surface area contributed by atoms with Gasteiger partial charge in [0.15, 0.2) is 0 Å². The number of rotatable bonds is 4. The van der Waals surface area contributed by atoms with Gasteiger partial charge in [0.05, 0.1) is 12.6 Å². The second kappa shape index (κ2) is 8.39. The van der Waals surface area contributed by atoms with Gasteiger partial charge in [-0.15, -0.1) is 0 Å². The van der Waals surface area contributed by atoms with E-state index in [1.54, 1.807) is 32.6 Å². The second-order valence-corrected chi connectivity index (χ2v) is 8.03. The fourth-order valence-corrected chi connectivity index (χ4v) is 4.11. The van der Waals surface area contributed by atoms with Gasteiger partial charge in [-0.25, -0.2) is 9.59 Å². The molecule has 0 aromatic heterocycles. The van der Waals surface area contributed by atoms with Crippen molar-refractivity contribution in [1.82, 2.24) is 4.90 Å². The Morgan fingerprint density at radius 1 is 1.23 bits per heavy atom. The molecule has 0 radical (unpaired) electrons. The van der Waals surface area contributed by atoms with Gasteiger partial charge in [-0.1, -0.05) is 0 Å². The molecule has 1 saturated carbocycles. The molecule has 2 bridgehead atoms. The van der Waals surface area contributed by atoms with Gasteiger partial charge in [0, 0.05) is 31.8 Å². The number of aliphatic hydroxyl groups excluding tert-OH is 2. The van der Waals surface area contributed by atoms with Crippen molar-refractivity contribution in [1.29, 1.82) is 0 Å². The van der Waals surface area contributed by atoms with Gasteiger partial charge in [0.2, 0.25) is 0 Å². The van der Waals surface area contributed by atoms with E-state index in [0.717, 1.165) is 5.57 Å². The summed E-state index contributed by atoms with van der Waals surface area (Å²) in [5.41, 5.74) is 0.126. The zero-order chi connectivity index (χ0) is 19.5. The van der Waals surface area contributed by atoms with E-state index in [9.17, 15) is 19.8 Å². The molecule has 1 aliphatic heterocycles. The summed E-state index contributed by atoms with van der Waals surface area (Å²) in [4.78, 5) is 26.4. The molecule has 4 atom stereocenters. The molecule has 2 N–H and O–H groups in total. The first-order valence-electron chi connectivity index (χ1n) is 9.31. The van der Waals surface area contributed by atoms with Gasteiger partial charge in [-0.2, -0.15) is 0 Å². The first-order valence-corrected chi connectivity index (χ1v) is 9.31. The molecule has 0 spiro atoms. The number of aliphatic hydroxyl groups is 2. The van der Waals surface area contributed by atoms with Crippen LogP contribution in [-0.4, -0.2) is 65.2 Å². The van der Waals surface area contributed by atoms with E-state index in [1.165, 1.54) is 6.08 Å². The predicted octanol–water partition coefficient (Wildman–Crippen LogP) is 1.72. The Balaban J connectivity index is 2.38. The zero-order valence-electron chi connectivity index (χ0n) is 16.1. The summed E-state index contributed by atoms with van der Waals surface area (Å²) in [6.45, 7) is 7.74. The van der Waals surface area contributed by atoms with Crippen LogP contribution in [-0.2, 0) is 14.3 Å². The average molecular weight is 369 g/mol. The summed E-state index contributed by atoms with van der Waals surface area (Å²) in [5, 5.41) is 19.7. The monoisotopic (exact) mass is 369 g/mol. The summed E-state index contributed by atoms with van der Waals surface area (Å²) in [5.74, 6) is -0.753. The molecule has 2 rings (SSSR count). The Morgan fingerprint density at radius 3 is 2.42 bits per heavy atom. The van der Waals surface area contributed by atoms with E-state index in [1.807, 2.05) is 0 Å². The van der Waals surface area contributed by atoms with Crippen LogP contribution < -0.4 is 0 Å². The minimum Gasteiger partial charge on any atom is -0.463 e. The molecule has 1 aliphatic carbocycles. The normalized spacial score (nSPS) is 30.2. The molecule has 7 nitrogen and oxygen atoms in total. The third-order valence-corrected chi connectivity index (χ3v) is 5.08. The minimum absolute atomic E-state index is 0.00380. The van der Waals surface area contributed by atoms with Crippen molar-refractivity contribution >= 4 is 12.1 Å². The highest BCUT2D eigenvalue weighted by atomic mass is 16.6. The van der Waals surface area contributed by atoms with Crippen molar-refractivity contribution in [3.63, 3.8) is 0 Å². The topological polar surface area (TPSA) is 96.3 Å². The van der Waals surface area contributed by atoms with Crippen molar-refractivity contribution in [2.75, 3.05) is 26.4 Å². The molecule has 1 saturated heterocycles. The van der Waals surface area contributed by atoms with Crippen molar-refractivity contribution in [3.8, 4) is 0 Å². The molecule has 1 heterocycles. The van der Waals surface area contributed by atoms with Crippen molar-refractivity contribution in [2.45, 2.75) is 52.2 Å². The third kappa shape index (κ3) is 4.57. The van der Waals surface area contributed by atoms with Gasteiger partial charge in [0.25, 0.3) is 0 Å². The number of hydrogen-bond acceptors (Lipinski definition) is 6. The number of carbonyl (C=O) groups is 2. The average Bonchev–Trinajstić information content (AvgIpc) is 2.53. The molecule has 0 aromatic rings. The molecule has 2 aliphatic rings. The summed E-state index contributed by atoms with van der Waals surface area (Å²) >= 11 is 0. The van der Waals surface area contributed by atoms with E-state index in [-0.39, 0.29) is 37.6 Å². The van der Waals surface area contributed by atoms with Crippen molar-refractivity contribution in [2.24, 2.45) is 17.8 Å². The summed E-state index contributed by atoms with van der Waals surface area (Å²) in [6, 6.07) is -0.416. The number of nitrogens with zero attached hydrogens (tertiary/aromatic N) is 1. The van der Waals surface area contributed by atoms with Crippen LogP contribution >= 0.6 is 0 Å². The van der Waals surface area contributed by atoms with Gasteiger partial charge in [0.1, 0.15) is 5.60 Å². The molecule has 1 amide bonds. The lowest BCUT2D eigenvalue weighted by Gasteiger charge is -2.51. The van der Waals surface area contributed by atoms with Crippen LogP contribution in [0.15, 0.2) is 11.6 Å². The smallest absolute Gasteiger partial charge is 0.410 e. The number of fused-ring (bicyclic) bond motifs is 2. The molecule has 2 fully saturated rings. The van der Waals surface area contributed by atoms with Gasteiger partial charge < -0.3 is 24.6 Å². The highest BCUT2D eigenvalue weighted by Gasteiger charge is 2.48. The number of piperidine rings is 1. The predicted molar refractivity (Wildman–Crippen MR) is 95.3 cm³/mol. The lowest BCUT2D eigenvalue weighted by molar-refractivity contribution is -0.137. The minimum atomic E-state index is -0.629. The van der Waals surface area contributed by atoms with E-state index in [0.29, 0.717) is 19.4 Å². The Bertz CT molecular complexity index is 553. The maximum atomic E-state index is 12.7. The van der Waals surface area contributed by atoms with Crippen LogP contribution in [0.25, 0.3) is 0 Å². The zero-order valence-corrected chi connectivity index (χ0v) is 16.1. The molecular weight excluding hydrogens is 338 g/mol. The van der Waals surface area contributed by atoms with Crippen molar-refractivity contribution in [3.05, 3.63) is 11.6 Å². The first-order chi connectivity index (χ1) is 12.2. The number of hydrogen-bond donors (Lipinski definition) is 2. The van der Waals surface area contributed by atoms with Crippen molar-refractivity contribution < 1.29 is 29.3 Å². The largest absolute Gasteiger partial charge is 0.463 e. The Kier molecular flexibility index (Phi) is 6.69. The summed E-state index contributed by atoms with van der Waals surface area (Å²) in [7, 11) is 0. The highest BCUT2D eigenvalue weighted by molar-refractivity contribution is 5.83. The maximum Gasteiger partial charge on any atom is 0.410 e. The molecular formula is C19H31NO6. The Hall–Kier alpha value is -1.60. The number of esters is 1. The van der Waals surface area contributed by atoms with Crippen LogP contribution in [0.3, 0.4) is 0 Å². The third-order valence-electron chi connectivity index (χ3n) is 5.08. The van der Waals surface area contributed by atoms with E-state index < -0.39 is 23.7 Å². The second-order valence-electron chi connectivity index (χ2n) is 8.03. The highest BCUT2D eigenvalue weighted by Crippen LogP contribution is 2.45. The number of likely N-dealkylation sites (tertiary alicyclic amines) is 1. The first kappa shape index (κ1) is 20.7. The fraction of sp³-hybridized carbons (Fsp3) is 0.789. The van der Waals surface area contributed by atoms with Crippen LogP contribution in [0.5, 0.6) is 0 Å². The Labute approximate surface area is 155 Å². The number of amides is 1. The SMILES string of the molecule is CCOC(=O)/C=C1/[C@@H]2[C@H](CO)C[C@@H](CO)[C@H]1CCN2C(=O)OC(C)(C)C. The molecule has 7 heteroatoms. The summed E-state index contributed by atoms with van der Waals surface area (Å²) < 4.78 is 10.6. The van der Waals surface area contributed by atoms with Crippen LogP contribution in [0, 0.1) is 17.8 Å². The maximum absolute atomic E-state index is 12.7. The van der Waals surface area contributed by atoms with Crippen LogP contribution in [0.1, 0.15) is 40.5 Å². The van der Waals surface area contributed by atoms with E-state index >= 15 is 0 Å². The summed E-state index contributed by atoms with van der Waals surface area (Å²) in [6.07, 6.45) is 2.24. The quantitative estimate of drug-likeness (QED) is 0.579. The van der Waals surface area contributed by atoms with E-state index in [4.69, 9.17) is 9.47 Å². The van der Waals surface area contributed by atoms with Gasteiger partial charge >= 0.3 is 12.1 Å². The number of carbonyl (C=O) groups excluding carboxylic acids is 2. The number of ether oxygens (including phenoxy) is 2.